The van der Waals surface area contributed by atoms with Crippen molar-refractivity contribution < 1.29 is 13.2 Å². The van der Waals surface area contributed by atoms with Crippen LogP contribution in [0.25, 0.3) is 4.96 Å². The lowest BCUT2D eigenvalue weighted by atomic mass is 10.1. The number of imidazole rings is 1. The van der Waals surface area contributed by atoms with Crippen molar-refractivity contribution in [3.05, 3.63) is 23.5 Å². The molecular formula is C13H16N4O3S2. The number of hydrogen-bond acceptors (Lipinski definition) is 6. The first-order valence-electron chi connectivity index (χ1n) is 7.08. The summed E-state index contributed by atoms with van der Waals surface area (Å²) in [5.41, 5.74) is 0.388. The molecule has 7 nitrogen and oxygen atoms in total. The second-order valence-electron chi connectivity index (χ2n) is 5.91. The van der Waals surface area contributed by atoms with E-state index in [0.717, 1.165) is 4.96 Å². The fourth-order valence-corrected chi connectivity index (χ4v) is 6.11. The summed E-state index contributed by atoms with van der Waals surface area (Å²) in [6, 6.07) is -0.373. The van der Waals surface area contributed by atoms with Crippen molar-refractivity contribution in [2.75, 3.05) is 31.6 Å². The molecular weight excluding hydrogens is 324 g/mol. The van der Waals surface area contributed by atoms with Crippen molar-refractivity contribution in [1.29, 1.82) is 0 Å². The number of aromatic nitrogens is 2. The molecule has 118 valence electrons. The third kappa shape index (κ3) is 2.15. The summed E-state index contributed by atoms with van der Waals surface area (Å²) in [7, 11) is -1.16. The Morgan fingerprint density at radius 1 is 1.32 bits per heavy atom. The molecule has 4 rings (SSSR count). The predicted molar refractivity (Wildman–Crippen MR) is 83.0 cm³/mol. The number of nitrogens with zero attached hydrogens (tertiary/aromatic N) is 4. The zero-order valence-corrected chi connectivity index (χ0v) is 13.7. The second-order valence-corrected chi connectivity index (χ2v) is 8.94. The van der Waals surface area contributed by atoms with Crippen molar-refractivity contribution in [2.45, 2.75) is 12.1 Å². The number of hydrogen-bond donors (Lipinski definition) is 0. The van der Waals surface area contributed by atoms with Crippen LogP contribution in [0.5, 0.6) is 0 Å². The summed E-state index contributed by atoms with van der Waals surface area (Å²) in [5.74, 6) is 0.0164. The van der Waals surface area contributed by atoms with E-state index in [2.05, 4.69) is 4.98 Å². The summed E-state index contributed by atoms with van der Waals surface area (Å²) < 4.78 is 25.7. The number of thiazole rings is 1. The number of carbonyl (C=O) groups excluding carboxylic acids is 1. The van der Waals surface area contributed by atoms with E-state index in [9.17, 15) is 13.2 Å². The fourth-order valence-electron chi connectivity index (χ4n) is 3.36. The molecule has 1 amide bonds. The van der Waals surface area contributed by atoms with Crippen LogP contribution in [0, 0.1) is 0 Å². The van der Waals surface area contributed by atoms with Gasteiger partial charge in [0.1, 0.15) is 5.69 Å². The van der Waals surface area contributed by atoms with Crippen LogP contribution in [-0.4, -0.2) is 77.2 Å². The van der Waals surface area contributed by atoms with Crippen LogP contribution >= 0.6 is 11.3 Å². The van der Waals surface area contributed by atoms with Crippen molar-refractivity contribution in [3.8, 4) is 0 Å². The van der Waals surface area contributed by atoms with Crippen LogP contribution in [0.1, 0.15) is 10.5 Å². The summed E-state index contributed by atoms with van der Waals surface area (Å²) in [4.78, 5) is 21.6. The largest absolute Gasteiger partial charge is 0.330 e. The van der Waals surface area contributed by atoms with E-state index in [1.807, 2.05) is 27.9 Å². The van der Waals surface area contributed by atoms with Crippen LogP contribution in [0.4, 0.5) is 0 Å². The van der Waals surface area contributed by atoms with Crippen LogP contribution in [0.2, 0.25) is 0 Å². The lowest BCUT2D eigenvalue weighted by Crippen LogP contribution is -2.59. The maximum absolute atomic E-state index is 12.8. The molecule has 0 aromatic carbocycles. The van der Waals surface area contributed by atoms with E-state index in [4.69, 9.17) is 0 Å². The van der Waals surface area contributed by atoms with Crippen molar-refractivity contribution >= 4 is 32.0 Å². The van der Waals surface area contributed by atoms with Gasteiger partial charge in [-0.1, -0.05) is 0 Å². The number of amides is 1. The molecule has 2 atom stereocenters. The Hall–Kier alpha value is -1.45. The van der Waals surface area contributed by atoms with Gasteiger partial charge in [-0.15, -0.1) is 11.3 Å². The third-order valence-electron chi connectivity index (χ3n) is 4.53. The van der Waals surface area contributed by atoms with Gasteiger partial charge in [-0.2, -0.15) is 0 Å². The third-order valence-corrected chi connectivity index (χ3v) is 7.00. The molecule has 2 aromatic rings. The average Bonchev–Trinajstić information content (AvgIpc) is 3.09. The van der Waals surface area contributed by atoms with Crippen LogP contribution < -0.4 is 0 Å². The molecule has 2 aliphatic rings. The molecule has 2 aliphatic heterocycles. The number of rotatable bonds is 1. The molecule has 2 fully saturated rings. The van der Waals surface area contributed by atoms with E-state index < -0.39 is 9.84 Å². The first-order valence-corrected chi connectivity index (χ1v) is 9.78. The Kier molecular flexibility index (Phi) is 3.07. The smallest absolute Gasteiger partial charge is 0.274 e. The average molecular weight is 340 g/mol. The highest BCUT2D eigenvalue weighted by Gasteiger charge is 2.47. The number of carbonyl (C=O) groups is 1. The summed E-state index contributed by atoms with van der Waals surface area (Å²) in [6.45, 7) is 1.22. The Bertz CT molecular complexity index is 812. The number of likely N-dealkylation sites (N-methyl/N-ethyl adjacent to an activating group) is 1. The minimum atomic E-state index is -3.08. The van der Waals surface area contributed by atoms with Gasteiger partial charge in [0.05, 0.1) is 17.5 Å². The van der Waals surface area contributed by atoms with Gasteiger partial charge in [-0.3, -0.25) is 14.1 Å². The molecule has 2 aromatic heterocycles. The van der Waals surface area contributed by atoms with Crippen molar-refractivity contribution in [3.63, 3.8) is 0 Å². The highest BCUT2D eigenvalue weighted by Crippen LogP contribution is 2.27. The lowest BCUT2D eigenvalue weighted by molar-refractivity contribution is 0.0405. The highest BCUT2D eigenvalue weighted by atomic mass is 32.2. The molecule has 4 heterocycles. The molecule has 2 saturated heterocycles. The summed E-state index contributed by atoms with van der Waals surface area (Å²) in [5, 5.41) is 1.91. The van der Waals surface area contributed by atoms with Gasteiger partial charge in [0.25, 0.3) is 5.91 Å². The Morgan fingerprint density at radius 2 is 2.09 bits per heavy atom. The van der Waals surface area contributed by atoms with Crippen LogP contribution in [-0.2, 0) is 9.84 Å². The molecule has 0 saturated carbocycles. The number of piperazine rings is 1. The zero-order chi connectivity index (χ0) is 15.5. The Morgan fingerprint density at radius 3 is 2.86 bits per heavy atom. The van der Waals surface area contributed by atoms with Crippen LogP contribution in [0.15, 0.2) is 17.8 Å². The van der Waals surface area contributed by atoms with E-state index in [-0.39, 0.29) is 29.5 Å². The highest BCUT2D eigenvalue weighted by molar-refractivity contribution is 7.91. The second kappa shape index (κ2) is 4.77. The molecule has 0 N–H and O–H groups in total. The van der Waals surface area contributed by atoms with Gasteiger partial charge in [-0.25, -0.2) is 13.4 Å². The monoisotopic (exact) mass is 340 g/mol. The van der Waals surface area contributed by atoms with Gasteiger partial charge in [0.2, 0.25) is 0 Å². The SMILES string of the molecule is CN1CCN(C(=O)c2cn3ccsc3n2)[C@@H]2CS(=O)(=O)C[C@@H]21. The van der Waals surface area contributed by atoms with Gasteiger partial charge < -0.3 is 4.90 Å². The van der Waals surface area contributed by atoms with E-state index in [1.54, 1.807) is 11.1 Å². The quantitative estimate of drug-likeness (QED) is 0.728. The zero-order valence-electron chi connectivity index (χ0n) is 12.0. The molecule has 0 radical (unpaired) electrons. The minimum absolute atomic E-state index is 0.0516. The Labute approximate surface area is 132 Å². The Balaban J connectivity index is 1.66. The van der Waals surface area contributed by atoms with E-state index >= 15 is 0 Å². The van der Waals surface area contributed by atoms with Gasteiger partial charge >= 0.3 is 0 Å². The maximum Gasteiger partial charge on any atom is 0.274 e. The number of sulfone groups is 1. The standard InChI is InChI=1S/C13H16N4O3S2/c1-15-2-3-17(11-8-22(19,20)7-10(11)15)12(18)9-6-16-4-5-21-13(16)14-9/h4-6,10-11H,2-3,7-8H2,1H3/t10-,11+/m0/s1. The molecule has 0 unspecified atom stereocenters. The molecule has 22 heavy (non-hydrogen) atoms. The van der Waals surface area contributed by atoms with Crippen molar-refractivity contribution in [2.24, 2.45) is 0 Å². The van der Waals surface area contributed by atoms with Gasteiger partial charge in [0.15, 0.2) is 14.8 Å². The summed E-state index contributed by atoms with van der Waals surface area (Å²) >= 11 is 1.47. The number of fused-ring (bicyclic) bond motifs is 2. The van der Waals surface area contributed by atoms with Crippen LogP contribution in [0.3, 0.4) is 0 Å². The predicted octanol–water partition coefficient (Wildman–Crippen LogP) is -0.0510. The topological polar surface area (TPSA) is 75.0 Å². The van der Waals surface area contributed by atoms with Crippen molar-refractivity contribution in [1.82, 2.24) is 19.2 Å². The maximum atomic E-state index is 12.8. The first kappa shape index (κ1) is 14.2. The minimum Gasteiger partial charge on any atom is -0.330 e. The normalized spacial score (nSPS) is 28.1. The van der Waals surface area contributed by atoms with Gasteiger partial charge in [-0.05, 0) is 7.05 Å². The van der Waals surface area contributed by atoms with E-state index in [0.29, 0.717) is 18.8 Å². The first-order chi connectivity index (χ1) is 10.4. The molecule has 0 spiro atoms. The fraction of sp³-hybridized carbons (Fsp3) is 0.538. The molecule has 9 heteroatoms. The summed E-state index contributed by atoms with van der Waals surface area (Å²) in [6.07, 6.45) is 3.57. The molecule has 0 bridgehead atoms. The lowest BCUT2D eigenvalue weighted by Gasteiger charge is -2.41. The molecule has 0 aliphatic carbocycles. The van der Waals surface area contributed by atoms with Gasteiger partial charge in [0, 0.05) is 36.9 Å². The van der Waals surface area contributed by atoms with E-state index in [1.165, 1.54) is 11.3 Å².